The number of aromatic nitrogens is 2. The molecule has 7 nitrogen and oxygen atoms in total. The second-order valence-corrected chi connectivity index (χ2v) is 7.90. The number of anilines is 3. The molecule has 10 heteroatoms. The van der Waals surface area contributed by atoms with Crippen LogP contribution < -0.4 is 16.0 Å². The predicted octanol–water partition coefficient (Wildman–Crippen LogP) is 4.58. The highest BCUT2D eigenvalue weighted by Gasteiger charge is 2.36. The number of nitrogens with zero attached hydrogens (tertiary/aromatic N) is 4. The van der Waals surface area contributed by atoms with E-state index in [1.54, 1.807) is 25.1 Å². The SMILES string of the molecule is Cc1cc(-c2cccc(C3=Nc4cc(N(C)C)c(C(F)(F)F)cc4NC(=O)C3)c2)nc(N)n1. The second kappa shape index (κ2) is 8.19. The van der Waals surface area contributed by atoms with Crippen LogP contribution >= 0.6 is 0 Å². The maximum Gasteiger partial charge on any atom is 0.418 e. The molecule has 0 unspecified atom stereocenters. The molecule has 4 rings (SSSR count). The maximum atomic E-state index is 13.6. The number of fused-ring (bicyclic) bond motifs is 1. The lowest BCUT2D eigenvalue weighted by molar-refractivity contribution is -0.137. The molecule has 3 N–H and O–H groups in total. The van der Waals surface area contributed by atoms with E-state index in [2.05, 4.69) is 20.3 Å². The number of nitrogen functional groups attached to an aromatic ring is 1. The third-order valence-electron chi connectivity index (χ3n) is 5.12. The van der Waals surface area contributed by atoms with Crippen molar-refractivity contribution in [2.75, 3.05) is 30.0 Å². The molecular formula is C23H21F3N6O. The number of carbonyl (C=O) groups is 1. The van der Waals surface area contributed by atoms with E-state index in [0.29, 0.717) is 22.7 Å². The summed E-state index contributed by atoms with van der Waals surface area (Å²) >= 11 is 0. The van der Waals surface area contributed by atoms with Crippen LogP contribution in [0.25, 0.3) is 11.3 Å². The molecule has 170 valence electrons. The average Bonchev–Trinajstić information content (AvgIpc) is 2.89. The van der Waals surface area contributed by atoms with Gasteiger partial charge >= 0.3 is 6.18 Å². The normalized spacial score (nSPS) is 13.6. The molecule has 2 heterocycles. The number of aryl methyl sites for hydroxylation is 1. The predicted molar refractivity (Wildman–Crippen MR) is 122 cm³/mol. The summed E-state index contributed by atoms with van der Waals surface area (Å²) < 4.78 is 40.8. The van der Waals surface area contributed by atoms with Crippen LogP contribution in [-0.2, 0) is 11.0 Å². The van der Waals surface area contributed by atoms with E-state index in [4.69, 9.17) is 5.73 Å². The smallest absolute Gasteiger partial charge is 0.377 e. The van der Waals surface area contributed by atoms with Crippen molar-refractivity contribution < 1.29 is 18.0 Å². The zero-order valence-corrected chi connectivity index (χ0v) is 18.2. The molecule has 33 heavy (non-hydrogen) atoms. The van der Waals surface area contributed by atoms with Crippen LogP contribution in [0.5, 0.6) is 0 Å². The van der Waals surface area contributed by atoms with Gasteiger partial charge in [0.15, 0.2) is 0 Å². The van der Waals surface area contributed by atoms with Crippen molar-refractivity contribution >= 4 is 34.6 Å². The first-order valence-corrected chi connectivity index (χ1v) is 10.0. The molecule has 0 radical (unpaired) electrons. The van der Waals surface area contributed by atoms with Crippen LogP contribution in [0.1, 0.15) is 23.2 Å². The highest BCUT2D eigenvalue weighted by molar-refractivity contribution is 6.17. The monoisotopic (exact) mass is 454 g/mol. The van der Waals surface area contributed by atoms with Gasteiger partial charge in [-0.25, -0.2) is 9.97 Å². The maximum absolute atomic E-state index is 13.6. The van der Waals surface area contributed by atoms with E-state index in [0.717, 1.165) is 11.6 Å². The number of aliphatic imine (C=N–C) groups is 1. The number of amides is 1. The minimum Gasteiger partial charge on any atom is -0.377 e. The number of halogens is 3. The lowest BCUT2D eigenvalue weighted by atomic mass is 10.0. The number of alkyl halides is 3. The third-order valence-corrected chi connectivity index (χ3v) is 5.12. The van der Waals surface area contributed by atoms with Crippen molar-refractivity contribution in [1.29, 1.82) is 0 Å². The zero-order chi connectivity index (χ0) is 23.9. The first kappa shape index (κ1) is 22.3. The van der Waals surface area contributed by atoms with Gasteiger partial charge < -0.3 is 16.0 Å². The van der Waals surface area contributed by atoms with Crippen molar-refractivity contribution in [1.82, 2.24) is 9.97 Å². The third kappa shape index (κ3) is 4.64. The van der Waals surface area contributed by atoms with E-state index >= 15 is 0 Å². The Morgan fingerprint density at radius 3 is 2.45 bits per heavy atom. The first-order chi connectivity index (χ1) is 15.5. The Morgan fingerprint density at radius 2 is 1.79 bits per heavy atom. The van der Waals surface area contributed by atoms with Gasteiger partial charge in [0.2, 0.25) is 11.9 Å². The topological polar surface area (TPSA) is 96.5 Å². The van der Waals surface area contributed by atoms with Gasteiger partial charge in [-0.2, -0.15) is 13.2 Å². The molecular weight excluding hydrogens is 433 g/mol. The van der Waals surface area contributed by atoms with E-state index in [9.17, 15) is 18.0 Å². The average molecular weight is 454 g/mol. The largest absolute Gasteiger partial charge is 0.418 e. The highest BCUT2D eigenvalue weighted by atomic mass is 19.4. The summed E-state index contributed by atoms with van der Waals surface area (Å²) in [5.74, 6) is -0.307. The summed E-state index contributed by atoms with van der Waals surface area (Å²) in [4.78, 5) is 26.8. The molecule has 0 saturated heterocycles. The molecule has 1 aliphatic heterocycles. The number of hydrogen-bond acceptors (Lipinski definition) is 6. The van der Waals surface area contributed by atoms with E-state index in [-0.39, 0.29) is 29.4 Å². The Kier molecular flexibility index (Phi) is 5.52. The van der Waals surface area contributed by atoms with Crippen LogP contribution in [0.4, 0.5) is 36.2 Å². The molecule has 0 spiro atoms. The molecule has 0 bridgehead atoms. The minimum absolute atomic E-state index is 0.0169. The summed E-state index contributed by atoms with van der Waals surface area (Å²) in [5, 5.41) is 2.55. The van der Waals surface area contributed by atoms with Gasteiger partial charge in [0.25, 0.3) is 0 Å². The number of nitrogens with two attached hydrogens (primary N) is 1. The number of rotatable bonds is 3. The molecule has 1 aromatic heterocycles. The van der Waals surface area contributed by atoms with Crippen molar-refractivity contribution in [3.63, 3.8) is 0 Å². The lowest BCUT2D eigenvalue weighted by Gasteiger charge is -2.21. The molecule has 2 aromatic carbocycles. The minimum atomic E-state index is -4.58. The van der Waals surface area contributed by atoms with Crippen molar-refractivity contribution in [3.8, 4) is 11.3 Å². The fraction of sp³-hybridized carbons (Fsp3) is 0.217. The fourth-order valence-corrected chi connectivity index (χ4v) is 3.66. The summed E-state index contributed by atoms with van der Waals surface area (Å²) in [6.07, 6.45) is -4.67. The summed E-state index contributed by atoms with van der Waals surface area (Å²) in [6.45, 7) is 1.81. The van der Waals surface area contributed by atoms with Gasteiger partial charge in [0, 0.05) is 25.4 Å². The molecule has 0 saturated carbocycles. The van der Waals surface area contributed by atoms with Crippen molar-refractivity contribution in [2.24, 2.45) is 4.99 Å². The Morgan fingerprint density at radius 1 is 1.06 bits per heavy atom. The Bertz CT molecular complexity index is 1260. The van der Waals surface area contributed by atoms with Gasteiger partial charge in [-0.15, -0.1) is 0 Å². The van der Waals surface area contributed by atoms with E-state index in [1.807, 2.05) is 12.1 Å². The van der Waals surface area contributed by atoms with E-state index < -0.39 is 17.6 Å². The Hall–Kier alpha value is -3.95. The number of nitrogens with one attached hydrogen (secondary N) is 1. The summed E-state index contributed by atoms with van der Waals surface area (Å²) in [5.41, 5.74) is 8.30. The number of carbonyl (C=O) groups excluding carboxylic acids is 1. The molecule has 3 aromatic rings. The summed E-state index contributed by atoms with van der Waals surface area (Å²) in [7, 11) is 3.05. The van der Waals surface area contributed by atoms with Crippen LogP contribution in [0.3, 0.4) is 0 Å². The number of hydrogen-bond donors (Lipinski definition) is 2. The Balaban J connectivity index is 1.83. The molecule has 0 atom stereocenters. The lowest BCUT2D eigenvalue weighted by Crippen LogP contribution is -2.18. The quantitative estimate of drug-likeness (QED) is 0.604. The second-order valence-electron chi connectivity index (χ2n) is 7.90. The van der Waals surface area contributed by atoms with Gasteiger partial charge in [0.1, 0.15) is 0 Å². The molecule has 1 amide bonds. The molecule has 0 aliphatic carbocycles. The van der Waals surface area contributed by atoms with Crippen LogP contribution in [0, 0.1) is 6.92 Å². The zero-order valence-electron chi connectivity index (χ0n) is 18.2. The molecule has 0 fully saturated rings. The van der Waals surface area contributed by atoms with Gasteiger partial charge in [0.05, 0.1) is 40.5 Å². The van der Waals surface area contributed by atoms with Gasteiger partial charge in [-0.1, -0.05) is 18.2 Å². The number of benzene rings is 2. The van der Waals surface area contributed by atoms with Gasteiger partial charge in [-0.3, -0.25) is 9.79 Å². The van der Waals surface area contributed by atoms with E-state index in [1.165, 1.54) is 25.1 Å². The van der Waals surface area contributed by atoms with Crippen molar-refractivity contribution in [3.05, 3.63) is 59.3 Å². The fourth-order valence-electron chi connectivity index (χ4n) is 3.66. The first-order valence-electron chi connectivity index (χ1n) is 10.0. The standard InChI is InChI=1S/C23H21F3N6O/c1-12-7-16(31-22(27)28-12)13-5-4-6-14(8-13)17-11-21(33)30-18-9-15(23(24,25)26)20(32(2)3)10-19(18)29-17/h4-10H,11H2,1-3H3,(H,30,33)(H2,27,28,31). The molecule has 1 aliphatic rings. The van der Waals surface area contributed by atoms with Gasteiger partial charge in [-0.05, 0) is 36.8 Å². The van der Waals surface area contributed by atoms with Crippen LogP contribution in [0.2, 0.25) is 0 Å². The van der Waals surface area contributed by atoms with Crippen LogP contribution in [0.15, 0.2) is 47.5 Å². The van der Waals surface area contributed by atoms with Crippen molar-refractivity contribution in [2.45, 2.75) is 19.5 Å². The van der Waals surface area contributed by atoms with Crippen LogP contribution in [-0.4, -0.2) is 35.7 Å². The highest BCUT2D eigenvalue weighted by Crippen LogP contribution is 2.43. The summed E-state index contributed by atoms with van der Waals surface area (Å²) in [6, 6.07) is 11.3. The Labute approximate surface area is 188 Å².